The van der Waals surface area contributed by atoms with E-state index in [9.17, 15) is 0 Å². The molecule has 1 atom stereocenters. The quantitative estimate of drug-likeness (QED) is 0.400. The van der Waals surface area contributed by atoms with Gasteiger partial charge >= 0.3 is 0 Å². The van der Waals surface area contributed by atoms with Crippen molar-refractivity contribution >= 4 is 27.9 Å². The number of hydrogen-bond donors (Lipinski definition) is 1. The normalized spacial score (nSPS) is 17.7. The van der Waals surface area contributed by atoms with Gasteiger partial charge in [0.2, 0.25) is 0 Å². The Bertz CT molecular complexity index is 1640. The van der Waals surface area contributed by atoms with Crippen LogP contribution in [0.2, 0.25) is 0 Å². The van der Waals surface area contributed by atoms with E-state index in [-0.39, 0.29) is 0 Å². The Labute approximate surface area is 201 Å². The second-order valence-corrected chi connectivity index (χ2v) is 9.18. The Hall–Kier alpha value is -4.42. The lowest BCUT2D eigenvalue weighted by molar-refractivity contribution is 0.188. The zero-order chi connectivity index (χ0) is 23.5. The van der Waals surface area contributed by atoms with Crippen molar-refractivity contribution in [2.75, 3.05) is 38.2 Å². The minimum absolute atomic E-state index is 0.385. The molecule has 2 aliphatic heterocycles. The van der Waals surface area contributed by atoms with Crippen LogP contribution in [0.1, 0.15) is 0 Å². The highest BCUT2D eigenvalue weighted by atomic mass is 16.5. The first-order chi connectivity index (χ1) is 17.2. The molecule has 1 saturated heterocycles. The molecule has 1 N–H and O–H groups in total. The van der Waals surface area contributed by atoms with Gasteiger partial charge in [-0.05, 0) is 48.5 Å². The smallest absolute Gasteiger partial charge is 0.197 e. The van der Waals surface area contributed by atoms with Crippen molar-refractivity contribution in [1.82, 2.24) is 29.7 Å². The summed E-state index contributed by atoms with van der Waals surface area (Å²) in [6, 6.07) is 14.5. The predicted octanol–water partition coefficient (Wildman–Crippen LogP) is 4.00. The number of pyridine rings is 1. The number of nitrogens with one attached hydrogen (secondary N) is 1. The number of hydrogen-bond acceptors (Lipinski definition) is 6. The van der Waals surface area contributed by atoms with Crippen molar-refractivity contribution in [2.45, 2.75) is 6.04 Å². The molecular weight excluding hydrogens is 440 g/mol. The molecule has 35 heavy (non-hydrogen) atoms. The zero-order valence-electron chi connectivity index (χ0n) is 19.1. The van der Waals surface area contributed by atoms with Crippen molar-refractivity contribution in [3.05, 3.63) is 66.4 Å². The molecule has 9 heteroatoms. The number of nitrogens with zero attached hydrogens (tertiary/aromatic N) is 7. The van der Waals surface area contributed by atoms with Gasteiger partial charge in [-0.15, -0.1) is 0 Å². The van der Waals surface area contributed by atoms with Gasteiger partial charge in [-0.3, -0.25) is 5.10 Å². The van der Waals surface area contributed by atoms with Crippen molar-refractivity contribution in [1.29, 1.82) is 0 Å². The molecule has 2 aliphatic rings. The van der Waals surface area contributed by atoms with Crippen molar-refractivity contribution in [2.24, 2.45) is 0 Å². The molecule has 0 radical (unpaired) electrons. The molecule has 1 fully saturated rings. The lowest BCUT2D eigenvalue weighted by Gasteiger charge is -2.44. The number of aromatic nitrogens is 5. The van der Waals surface area contributed by atoms with E-state index in [1.54, 1.807) is 4.52 Å². The molecule has 5 heterocycles. The maximum absolute atomic E-state index is 7.74. The monoisotopic (exact) mass is 462 g/mol. The molecule has 172 valence electrons. The molecule has 7 rings (SSSR count). The van der Waals surface area contributed by atoms with Crippen LogP contribution in [0.4, 0.5) is 11.4 Å². The number of benzene rings is 2. The summed E-state index contributed by atoms with van der Waals surface area (Å²) < 4.78 is 7.90. The number of H-pyrrole nitrogens is 1. The molecule has 3 aromatic heterocycles. The van der Waals surface area contributed by atoms with Crippen molar-refractivity contribution < 1.29 is 4.74 Å². The van der Waals surface area contributed by atoms with E-state index in [2.05, 4.69) is 60.2 Å². The van der Waals surface area contributed by atoms with E-state index < -0.39 is 0 Å². The number of rotatable bonds is 2. The average Bonchev–Trinajstić information content (AvgIpc) is 3.53. The Balaban J connectivity index is 1.32. The van der Waals surface area contributed by atoms with Crippen molar-refractivity contribution in [3.63, 3.8) is 0 Å². The van der Waals surface area contributed by atoms with Gasteiger partial charge in [0.05, 0.1) is 29.5 Å². The minimum atomic E-state index is 0.385. The van der Waals surface area contributed by atoms with Crippen LogP contribution in [-0.4, -0.2) is 69.0 Å². The Morgan fingerprint density at radius 3 is 2.97 bits per heavy atom. The van der Waals surface area contributed by atoms with Gasteiger partial charge in [-0.1, -0.05) is 12.1 Å². The van der Waals surface area contributed by atoms with Crippen LogP contribution in [0.3, 0.4) is 0 Å². The summed E-state index contributed by atoms with van der Waals surface area (Å²) in [5.74, 6) is 0.898. The van der Waals surface area contributed by atoms with Gasteiger partial charge < -0.3 is 14.5 Å². The van der Waals surface area contributed by atoms with Gasteiger partial charge in [0, 0.05) is 36.8 Å². The van der Waals surface area contributed by atoms with E-state index in [0.717, 1.165) is 70.0 Å². The maximum Gasteiger partial charge on any atom is 0.197 e. The second kappa shape index (κ2) is 7.55. The molecule has 0 spiro atoms. The fraction of sp³-hybridized carbons (Fsp3) is 0.231. The lowest BCUT2D eigenvalue weighted by atomic mass is 9.99. The second-order valence-electron chi connectivity index (χ2n) is 9.18. The van der Waals surface area contributed by atoms with Crippen LogP contribution < -0.4 is 9.64 Å². The molecule has 0 amide bonds. The van der Waals surface area contributed by atoms with E-state index in [1.807, 2.05) is 30.5 Å². The van der Waals surface area contributed by atoms with Gasteiger partial charge in [0.15, 0.2) is 11.3 Å². The summed E-state index contributed by atoms with van der Waals surface area (Å²) in [6.45, 7) is 11.5. The highest BCUT2D eigenvalue weighted by molar-refractivity contribution is 6.00. The topological polar surface area (TPSA) is 78.9 Å². The summed E-state index contributed by atoms with van der Waals surface area (Å²) in [5, 5.41) is 12.9. The summed E-state index contributed by atoms with van der Waals surface area (Å²) >= 11 is 0. The van der Waals surface area contributed by atoms with E-state index in [1.165, 1.54) is 6.33 Å². The SMILES string of the molecule is [C-]#[N+]c1cc2[nH]nc(-c3ccc4c(c3)OCC3CN(C)CCN43)c2cc1-c1ccn2ncnc2c1. The number of fused-ring (bicyclic) bond motifs is 5. The fourth-order valence-electron chi connectivity index (χ4n) is 5.25. The number of ether oxygens (including phenoxy) is 1. The van der Waals surface area contributed by atoms with Gasteiger partial charge in [-0.25, -0.2) is 14.3 Å². The van der Waals surface area contributed by atoms with Crippen LogP contribution in [0.15, 0.2) is 55.0 Å². The summed E-state index contributed by atoms with van der Waals surface area (Å²) in [7, 11) is 2.16. The Morgan fingerprint density at radius 1 is 1.11 bits per heavy atom. The first kappa shape index (κ1) is 20.0. The largest absolute Gasteiger partial charge is 0.489 e. The minimum Gasteiger partial charge on any atom is -0.489 e. The number of aromatic amines is 1. The van der Waals surface area contributed by atoms with E-state index in [0.29, 0.717) is 18.3 Å². The molecule has 5 aromatic rings. The Morgan fingerprint density at radius 2 is 2.06 bits per heavy atom. The molecule has 9 nitrogen and oxygen atoms in total. The van der Waals surface area contributed by atoms with Gasteiger partial charge in [0.25, 0.3) is 0 Å². The summed E-state index contributed by atoms with van der Waals surface area (Å²) in [4.78, 5) is 12.9. The summed E-state index contributed by atoms with van der Waals surface area (Å²) in [5.41, 5.74) is 6.86. The molecule has 0 bridgehead atoms. The highest BCUT2D eigenvalue weighted by Gasteiger charge is 2.32. The third-order valence-electron chi connectivity index (χ3n) is 7.05. The molecule has 0 saturated carbocycles. The van der Waals surface area contributed by atoms with E-state index >= 15 is 0 Å². The third kappa shape index (κ3) is 3.15. The van der Waals surface area contributed by atoms with Crippen LogP contribution in [-0.2, 0) is 0 Å². The zero-order valence-corrected chi connectivity index (χ0v) is 19.1. The van der Waals surface area contributed by atoms with Crippen LogP contribution >= 0.6 is 0 Å². The fourth-order valence-corrected chi connectivity index (χ4v) is 5.25. The van der Waals surface area contributed by atoms with Crippen LogP contribution in [0.5, 0.6) is 5.75 Å². The van der Waals surface area contributed by atoms with Crippen LogP contribution in [0.25, 0.3) is 43.8 Å². The first-order valence-corrected chi connectivity index (χ1v) is 11.6. The van der Waals surface area contributed by atoms with Gasteiger partial charge in [0.1, 0.15) is 18.7 Å². The molecule has 1 unspecified atom stereocenters. The maximum atomic E-state index is 7.74. The standard InChI is InChI=1S/C26H22N8O/c1-27-21-12-22-20(11-19(21)16-5-6-34-25(10-16)28-15-29-34)26(31-30-22)17-3-4-23-24(9-17)35-14-18-13-32(2)7-8-33(18)23/h3-6,9-12,15,18H,7-8,13-14H2,2H3,(H,30,31). The molecule has 2 aromatic carbocycles. The average molecular weight is 463 g/mol. The van der Waals surface area contributed by atoms with E-state index in [4.69, 9.17) is 11.3 Å². The number of likely N-dealkylation sites (N-methyl/N-ethyl adjacent to an activating group) is 1. The highest BCUT2D eigenvalue weighted by Crippen LogP contribution is 2.41. The molecule has 0 aliphatic carbocycles. The van der Waals surface area contributed by atoms with Crippen LogP contribution in [0, 0.1) is 6.57 Å². The van der Waals surface area contributed by atoms with Gasteiger partial charge in [-0.2, -0.15) is 10.2 Å². The third-order valence-corrected chi connectivity index (χ3v) is 7.05. The summed E-state index contributed by atoms with van der Waals surface area (Å²) in [6.07, 6.45) is 3.38. The van der Waals surface area contributed by atoms with Crippen molar-refractivity contribution in [3.8, 4) is 28.1 Å². The number of piperazine rings is 1. The Kier molecular flexibility index (Phi) is 4.31. The molecular formula is C26H22N8O. The lowest BCUT2D eigenvalue weighted by Crippen LogP contribution is -2.56. The number of anilines is 1. The first-order valence-electron chi connectivity index (χ1n) is 11.6. The predicted molar refractivity (Wildman–Crippen MR) is 134 cm³/mol.